The smallest absolute Gasteiger partial charge is 0.263 e. The molecule has 9 heteroatoms. The molecule has 0 aromatic heterocycles. The maximum absolute atomic E-state index is 12.9. The summed E-state index contributed by atoms with van der Waals surface area (Å²) in [6.07, 6.45) is 0.864. The fraction of sp³-hybridized carbons (Fsp3) is 0.250. The van der Waals surface area contributed by atoms with Gasteiger partial charge in [0.05, 0.1) is 5.69 Å². The Bertz CT molecular complexity index is 990. The number of nitrogens with zero attached hydrogens (tertiary/aromatic N) is 4. The minimum atomic E-state index is -0.922. The fourth-order valence-electron chi connectivity index (χ4n) is 3.37. The standard InChI is InChI=1S/C20H18BrN5O3/c1-2-12-3-9-15(10-4-12)26-19(28)17-18(20(26)29)25(24-23-17)11-16(27)22-14-7-5-13(21)6-8-14/h3-10,17-18H,2,11H2,1H3,(H,22,27)/t17-,18+/m1/s1. The first-order valence-electron chi connectivity index (χ1n) is 9.17. The molecule has 0 aliphatic carbocycles. The highest BCUT2D eigenvalue weighted by molar-refractivity contribution is 9.10. The van der Waals surface area contributed by atoms with Gasteiger partial charge >= 0.3 is 0 Å². The van der Waals surface area contributed by atoms with E-state index in [-0.39, 0.29) is 12.5 Å². The molecule has 0 radical (unpaired) electrons. The number of fused-ring (bicyclic) bond motifs is 1. The van der Waals surface area contributed by atoms with Crippen molar-refractivity contribution in [2.75, 3.05) is 16.8 Å². The van der Waals surface area contributed by atoms with Gasteiger partial charge in [0, 0.05) is 10.2 Å². The van der Waals surface area contributed by atoms with Crippen LogP contribution in [0.15, 0.2) is 63.3 Å². The largest absolute Gasteiger partial charge is 0.324 e. The number of nitrogens with one attached hydrogen (secondary N) is 1. The molecule has 2 aromatic rings. The van der Waals surface area contributed by atoms with Crippen LogP contribution in [-0.4, -0.2) is 41.4 Å². The predicted octanol–water partition coefficient (Wildman–Crippen LogP) is 2.94. The van der Waals surface area contributed by atoms with Crippen molar-refractivity contribution in [3.05, 3.63) is 58.6 Å². The van der Waals surface area contributed by atoms with E-state index in [2.05, 4.69) is 31.6 Å². The highest BCUT2D eigenvalue weighted by Gasteiger charge is 2.55. The van der Waals surface area contributed by atoms with Crippen molar-refractivity contribution in [3.63, 3.8) is 0 Å². The van der Waals surface area contributed by atoms with Gasteiger partial charge in [0.15, 0.2) is 12.1 Å². The Hall–Kier alpha value is -3.07. The third kappa shape index (κ3) is 3.65. The summed E-state index contributed by atoms with van der Waals surface area (Å²) in [5.41, 5.74) is 2.23. The molecule has 2 atom stereocenters. The Morgan fingerprint density at radius 3 is 2.41 bits per heavy atom. The predicted molar refractivity (Wildman–Crippen MR) is 110 cm³/mol. The number of rotatable bonds is 5. The molecule has 4 rings (SSSR count). The first kappa shape index (κ1) is 19.3. The Morgan fingerprint density at radius 1 is 1.07 bits per heavy atom. The van der Waals surface area contributed by atoms with Gasteiger partial charge in [-0.25, -0.2) is 4.90 Å². The average molecular weight is 456 g/mol. The van der Waals surface area contributed by atoms with Crippen molar-refractivity contribution in [1.29, 1.82) is 0 Å². The van der Waals surface area contributed by atoms with Crippen LogP contribution in [0.1, 0.15) is 12.5 Å². The van der Waals surface area contributed by atoms with E-state index in [0.29, 0.717) is 11.4 Å². The molecule has 29 heavy (non-hydrogen) atoms. The highest BCUT2D eigenvalue weighted by Crippen LogP contribution is 2.32. The first-order valence-corrected chi connectivity index (χ1v) is 9.97. The lowest BCUT2D eigenvalue weighted by Gasteiger charge is -2.20. The quantitative estimate of drug-likeness (QED) is 0.701. The average Bonchev–Trinajstić information content (AvgIpc) is 3.23. The number of hydrogen-bond acceptors (Lipinski definition) is 6. The van der Waals surface area contributed by atoms with Crippen molar-refractivity contribution in [3.8, 4) is 0 Å². The van der Waals surface area contributed by atoms with Gasteiger partial charge in [-0.1, -0.05) is 40.2 Å². The van der Waals surface area contributed by atoms with Gasteiger partial charge in [-0.3, -0.25) is 19.4 Å². The van der Waals surface area contributed by atoms with Crippen LogP contribution in [0.4, 0.5) is 11.4 Å². The molecule has 2 aliphatic rings. The van der Waals surface area contributed by atoms with E-state index >= 15 is 0 Å². The number of hydrogen-bond donors (Lipinski definition) is 1. The summed E-state index contributed by atoms with van der Waals surface area (Å²) in [6.45, 7) is 1.85. The van der Waals surface area contributed by atoms with E-state index in [4.69, 9.17) is 0 Å². The van der Waals surface area contributed by atoms with Gasteiger partial charge in [0.1, 0.15) is 6.54 Å². The van der Waals surface area contributed by atoms with Gasteiger partial charge in [-0.15, -0.1) is 0 Å². The van der Waals surface area contributed by atoms with Crippen LogP contribution < -0.4 is 10.2 Å². The zero-order valence-corrected chi connectivity index (χ0v) is 17.2. The number of halogens is 1. The van der Waals surface area contributed by atoms with Crippen molar-refractivity contribution in [1.82, 2.24) is 5.01 Å². The van der Waals surface area contributed by atoms with Crippen LogP contribution in [0.25, 0.3) is 0 Å². The van der Waals surface area contributed by atoms with Crippen molar-refractivity contribution in [2.45, 2.75) is 25.4 Å². The normalized spacial score (nSPS) is 20.3. The van der Waals surface area contributed by atoms with Crippen molar-refractivity contribution >= 4 is 45.0 Å². The van der Waals surface area contributed by atoms with E-state index in [0.717, 1.165) is 21.4 Å². The van der Waals surface area contributed by atoms with Crippen LogP contribution >= 0.6 is 15.9 Å². The number of benzene rings is 2. The van der Waals surface area contributed by atoms with Crippen LogP contribution in [-0.2, 0) is 20.8 Å². The number of imide groups is 1. The number of aryl methyl sites for hydroxylation is 1. The second kappa shape index (κ2) is 7.75. The van der Waals surface area contributed by atoms with Gasteiger partial charge in [0.2, 0.25) is 5.91 Å². The van der Waals surface area contributed by atoms with E-state index in [1.165, 1.54) is 5.01 Å². The lowest BCUT2D eigenvalue weighted by Crippen LogP contribution is -2.43. The summed E-state index contributed by atoms with van der Waals surface area (Å²) in [5.74, 6) is -1.20. The van der Waals surface area contributed by atoms with Gasteiger partial charge in [0.25, 0.3) is 11.8 Å². The fourth-order valence-corrected chi connectivity index (χ4v) is 3.63. The Balaban J connectivity index is 1.47. The topological polar surface area (TPSA) is 94.4 Å². The molecular weight excluding hydrogens is 438 g/mol. The van der Waals surface area contributed by atoms with Crippen LogP contribution in [0, 0.1) is 0 Å². The van der Waals surface area contributed by atoms with E-state index in [1.54, 1.807) is 24.3 Å². The molecule has 0 saturated carbocycles. The highest BCUT2D eigenvalue weighted by atomic mass is 79.9. The summed E-state index contributed by atoms with van der Waals surface area (Å²) >= 11 is 3.34. The Morgan fingerprint density at radius 2 is 1.76 bits per heavy atom. The Labute approximate surface area is 175 Å². The minimum Gasteiger partial charge on any atom is -0.324 e. The molecule has 0 bridgehead atoms. The van der Waals surface area contributed by atoms with E-state index in [9.17, 15) is 14.4 Å². The zero-order valence-electron chi connectivity index (χ0n) is 15.6. The zero-order chi connectivity index (χ0) is 20.5. The third-order valence-corrected chi connectivity index (χ3v) is 5.42. The summed E-state index contributed by atoms with van der Waals surface area (Å²) in [7, 11) is 0. The van der Waals surface area contributed by atoms with Crippen LogP contribution in [0.3, 0.4) is 0 Å². The molecule has 1 fully saturated rings. The number of carbonyl (C=O) groups is 3. The molecule has 1 saturated heterocycles. The number of anilines is 2. The second-order valence-corrected chi connectivity index (χ2v) is 7.69. The minimum absolute atomic E-state index is 0.178. The first-order chi connectivity index (χ1) is 14.0. The molecule has 1 N–H and O–H groups in total. The summed E-state index contributed by atoms with van der Waals surface area (Å²) in [6, 6.07) is 12.6. The maximum Gasteiger partial charge on any atom is 0.263 e. The molecule has 0 unspecified atom stereocenters. The summed E-state index contributed by atoms with van der Waals surface area (Å²) in [4.78, 5) is 39.2. The molecule has 148 valence electrons. The van der Waals surface area contributed by atoms with Crippen molar-refractivity contribution < 1.29 is 14.4 Å². The van der Waals surface area contributed by atoms with Gasteiger partial charge in [-0.2, -0.15) is 5.11 Å². The van der Waals surface area contributed by atoms with Gasteiger partial charge < -0.3 is 5.32 Å². The van der Waals surface area contributed by atoms with E-state index in [1.807, 2.05) is 31.2 Å². The molecule has 2 aromatic carbocycles. The Kier molecular flexibility index (Phi) is 5.14. The lowest BCUT2D eigenvalue weighted by atomic mass is 10.1. The summed E-state index contributed by atoms with van der Waals surface area (Å²) in [5, 5.41) is 11.9. The van der Waals surface area contributed by atoms with Crippen LogP contribution in [0.5, 0.6) is 0 Å². The molecule has 0 spiro atoms. The molecular formula is C20H18BrN5O3. The number of amides is 3. The summed E-state index contributed by atoms with van der Waals surface area (Å²) < 4.78 is 0.897. The third-order valence-electron chi connectivity index (χ3n) is 4.89. The maximum atomic E-state index is 12.9. The molecule has 8 nitrogen and oxygen atoms in total. The number of carbonyl (C=O) groups excluding carboxylic acids is 3. The molecule has 3 amide bonds. The van der Waals surface area contributed by atoms with Gasteiger partial charge in [-0.05, 0) is 48.4 Å². The monoisotopic (exact) mass is 455 g/mol. The van der Waals surface area contributed by atoms with Crippen molar-refractivity contribution in [2.24, 2.45) is 10.3 Å². The SMILES string of the molecule is CCc1ccc(N2C(=O)[C@@H]3[C@@H](N=NN3CC(=O)Nc3ccc(Br)cc3)C2=O)cc1. The molecule has 2 heterocycles. The molecule has 2 aliphatic heterocycles. The lowest BCUT2D eigenvalue weighted by molar-refractivity contribution is -0.123. The van der Waals surface area contributed by atoms with Crippen LogP contribution in [0.2, 0.25) is 0 Å². The second-order valence-electron chi connectivity index (χ2n) is 6.78. The van der Waals surface area contributed by atoms with E-state index < -0.39 is 23.9 Å².